The van der Waals surface area contributed by atoms with Crippen LogP contribution in [0.25, 0.3) is 6.08 Å². The fourth-order valence-electron chi connectivity index (χ4n) is 3.07. The van der Waals surface area contributed by atoms with Gasteiger partial charge in [-0.25, -0.2) is 18.4 Å². The first-order valence-corrected chi connectivity index (χ1v) is 11.4. The molecule has 0 atom stereocenters. The topological polar surface area (TPSA) is 144 Å². The Labute approximate surface area is 187 Å². The van der Waals surface area contributed by atoms with Crippen molar-refractivity contribution in [2.24, 2.45) is 11.1 Å². The average molecular weight is 459 g/mol. The summed E-state index contributed by atoms with van der Waals surface area (Å²) in [5, 5.41) is 16.9. The minimum absolute atomic E-state index is 0.169. The standard InChI is InChI=1S/C22H26N4O5S/c1-14(2)12-26-15(3)8-17(16(26)4)9-18(11-23)22(28)31-13-21(27)25-19-6-5-7-20(10-19)32(24,29)30/h5-10,14H,12-13H2,1-4H3,(H,25,27)(H2,24,29,30)/b18-9+. The van der Waals surface area contributed by atoms with E-state index in [1.807, 2.05) is 26.0 Å². The Hall–Kier alpha value is -3.42. The Morgan fingerprint density at radius 2 is 1.97 bits per heavy atom. The molecule has 0 radical (unpaired) electrons. The van der Waals surface area contributed by atoms with Crippen LogP contribution in [0.1, 0.15) is 30.8 Å². The number of nitrogens with zero attached hydrogens (tertiary/aromatic N) is 2. The fraction of sp³-hybridized carbons (Fsp3) is 0.318. The molecule has 2 rings (SSSR count). The first-order valence-electron chi connectivity index (χ1n) is 9.80. The van der Waals surface area contributed by atoms with Gasteiger partial charge in [-0.3, -0.25) is 4.79 Å². The van der Waals surface area contributed by atoms with Gasteiger partial charge < -0.3 is 14.6 Å². The summed E-state index contributed by atoms with van der Waals surface area (Å²) in [4.78, 5) is 24.2. The number of primary sulfonamides is 1. The molecule has 1 amide bonds. The molecule has 2 aromatic rings. The molecule has 10 heteroatoms. The number of hydrogen-bond donors (Lipinski definition) is 2. The molecule has 0 saturated heterocycles. The minimum Gasteiger partial charge on any atom is -0.451 e. The van der Waals surface area contributed by atoms with Gasteiger partial charge in [-0.15, -0.1) is 0 Å². The van der Waals surface area contributed by atoms with Gasteiger partial charge in [-0.1, -0.05) is 19.9 Å². The number of aromatic nitrogens is 1. The number of carbonyl (C=O) groups excluding carboxylic acids is 2. The smallest absolute Gasteiger partial charge is 0.349 e. The summed E-state index contributed by atoms with van der Waals surface area (Å²) < 4.78 is 29.9. The van der Waals surface area contributed by atoms with Crippen molar-refractivity contribution >= 4 is 33.7 Å². The highest BCUT2D eigenvalue weighted by molar-refractivity contribution is 7.89. The predicted octanol–water partition coefficient (Wildman–Crippen LogP) is 2.50. The number of nitrogens with two attached hydrogens (primary N) is 1. The maximum Gasteiger partial charge on any atom is 0.349 e. The van der Waals surface area contributed by atoms with E-state index in [0.717, 1.165) is 23.5 Å². The van der Waals surface area contributed by atoms with Gasteiger partial charge in [-0.05, 0) is 55.7 Å². The number of anilines is 1. The second kappa shape index (κ2) is 10.3. The Morgan fingerprint density at radius 3 is 2.56 bits per heavy atom. The first kappa shape index (κ1) is 24.8. The molecule has 0 aliphatic carbocycles. The number of hydrogen-bond acceptors (Lipinski definition) is 6. The van der Waals surface area contributed by atoms with Crippen molar-refractivity contribution in [1.82, 2.24) is 4.57 Å². The number of benzene rings is 1. The molecular weight excluding hydrogens is 432 g/mol. The van der Waals surface area contributed by atoms with E-state index in [1.165, 1.54) is 30.3 Å². The summed E-state index contributed by atoms with van der Waals surface area (Å²) in [5.74, 6) is -1.20. The Morgan fingerprint density at radius 1 is 1.28 bits per heavy atom. The van der Waals surface area contributed by atoms with Crippen LogP contribution in [0.15, 0.2) is 40.8 Å². The second-order valence-corrected chi connectivity index (χ2v) is 9.26. The Bertz CT molecular complexity index is 1200. The molecule has 170 valence electrons. The molecule has 0 spiro atoms. The average Bonchev–Trinajstić information content (AvgIpc) is 2.96. The highest BCUT2D eigenvalue weighted by Gasteiger charge is 2.16. The summed E-state index contributed by atoms with van der Waals surface area (Å²) in [5.41, 5.74) is 2.59. The summed E-state index contributed by atoms with van der Waals surface area (Å²) in [6.45, 7) is 8.22. The van der Waals surface area contributed by atoms with E-state index in [1.54, 1.807) is 0 Å². The van der Waals surface area contributed by atoms with Crippen molar-refractivity contribution in [1.29, 1.82) is 5.26 Å². The number of ether oxygens (including phenoxy) is 1. The van der Waals surface area contributed by atoms with Crippen LogP contribution in [-0.4, -0.2) is 31.5 Å². The lowest BCUT2D eigenvalue weighted by Crippen LogP contribution is -2.21. The third-order valence-corrected chi connectivity index (χ3v) is 5.49. The van der Waals surface area contributed by atoms with Gasteiger partial charge >= 0.3 is 5.97 Å². The minimum atomic E-state index is -3.92. The van der Waals surface area contributed by atoms with E-state index in [0.29, 0.717) is 5.92 Å². The van der Waals surface area contributed by atoms with Crippen molar-refractivity contribution < 1.29 is 22.7 Å². The van der Waals surface area contributed by atoms with Crippen molar-refractivity contribution in [2.75, 3.05) is 11.9 Å². The van der Waals surface area contributed by atoms with Crippen LogP contribution in [0.2, 0.25) is 0 Å². The Kier molecular flexibility index (Phi) is 7.97. The number of amides is 1. The third-order valence-electron chi connectivity index (χ3n) is 4.58. The number of nitriles is 1. The molecular formula is C22H26N4O5S. The summed E-state index contributed by atoms with van der Waals surface area (Å²) in [6.07, 6.45) is 1.44. The number of sulfonamides is 1. The zero-order chi connectivity index (χ0) is 24.1. The van der Waals surface area contributed by atoms with Crippen LogP contribution < -0.4 is 10.5 Å². The molecule has 32 heavy (non-hydrogen) atoms. The third kappa shape index (κ3) is 6.54. The second-order valence-electron chi connectivity index (χ2n) is 7.70. The summed E-state index contributed by atoms with van der Waals surface area (Å²) >= 11 is 0. The number of rotatable bonds is 8. The van der Waals surface area contributed by atoms with Gasteiger partial charge in [0.05, 0.1) is 4.90 Å². The molecule has 1 heterocycles. The Balaban J connectivity index is 2.07. The molecule has 1 aromatic heterocycles. The first-order chi connectivity index (χ1) is 14.9. The lowest BCUT2D eigenvalue weighted by Gasteiger charge is -2.12. The van der Waals surface area contributed by atoms with Gasteiger partial charge in [0.2, 0.25) is 10.0 Å². The number of carbonyl (C=O) groups is 2. The van der Waals surface area contributed by atoms with Gasteiger partial charge in [0.15, 0.2) is 6.61 Å². The molecule has 1 aromatic carbocycles. The molecule has 0 aliphatic rings. The van der Waals surface area contributed by atoms with Crippen molar-refractivity contribution in [2.45, 2.75) is 39.1 Å². The van der Waals surface area contributed by atoms with E-state index in [4.69, 9.17) is 9.88 Å². The lowest BCUT2D eigenvalue weighted by molar-refractivity contribution is -0.142. The van der Waals surface area contributed by atoms with Gasteiger partial charge in [0.25, 0.3) is 5.91 Å². The van der Waals surface area contributed by atoms with Crippen LogP contribution in [0.4, 0.5) is 5.69 Å². The largest absolute Gasteiger partial charge is 0.451 e. The quantitative estimate of drug-likeness (QED) is 0.353. The molecule has 0 fully saturated rings. The van der Waals surface area contributed by atoms with E-state index >= 15 is 0 Å². The van der Waals surface area contributed by atoms with E-state index < -0.39 is 28.5 Å². The number of nitrogens with one attached hydrogen (secondary N) is 1. The molecule has 9 nitrogen and oxygen atoms in total. The number of aryl methyl sites for hydroxylation is 1. The SMILES string of the molecule is Cc1cc(/C=C(\C#N)C(=O)OCC(=O)Nc2cccc(S(N)(=O)=O)c2)c(C)n1CC(C)C. The van der Waals surface area contributed by atoms with Crippen LogP contribution in [0, 0.1) is 31.1 Å². The fourth-order valence-corrected chi connectivity index (χ4v) is 3.63. The van der Waals surface area contributed by atoms with Crippen molar-refractivity contribution in [3.05, 3.63) is 52.9 Å². The van der Waals surface area contributed by atoms with Gasteiger partial charge in [0.1, 0.15) is 11.6 Å². The van der Waals surface area contributed by atoms with Crippen molar-refractivity contribution in [3.63, 3.8) is 0 Å². The monoisotopic (exact) mass is 458 g/mol. The molecule has 0 saturated carbocycles. The van der Waals surface area contributed by atoms with Crippen molar-refractivity contribution in [3.8, 4) is 6.07 Å². The highest BCUT2D eigenvalue weighted by atomic mass is 32.2. The molecule has 0 aliphatic heterocycles. The maximum atomic E-state index is 12.3. The number of esters is 1. The van der Waals surface area contributed by atoms with Gasteiger partial charge in [-0.2, -0.15) is 5.26 Å². The maximum absolute atomic E-state index is 12.3. The summed E-state index contributed by atoms with van der Waals surface area (Å²) in [6, 6.07) is 9.03. The highest BCUT2D eigenvalue weighted by Crippen LogP contribution is 2.20. The zero-order valence-corrected chi connectivity index (χ0v) is 19.2. The van der Waals surface area contributed by atoms with E-state index in [-0.39, 0.29) is 16.2 Å². The van der Waals surface area contributed by atoms with Crippen LogP contribution in [-0.2, 0) is 30.9 Å². The normalized spacial score (nSPS) is 11.8. The van der Waals surface area contributed by atoms with Gasteiger partial charge in [0, 0.05) is 23.6 Å². The molecule has 0 unspecified atom stereocenters. The predicted molar refractivity (Wildman–Crippen MR) is 120 cm³/mol. The molecule has 3 N–H and O–H groups in total. The van der Waals surface area contributed by atoms with Crippen LogP contribution >= 0.6 is 0 Å². The van der Waals surface area contributed by atoms with Crippen LogP contribution in [0.5, 0.6) is 0 Å². The summed E-state index contributed by atoms with van der Waals surface area (Å²) in [7, 11) is -3.92. The molecule has 0 bridgehead atoms. The van der Waals surface area contributed by atoms with E-state index in [9.17, 15) is 23.3 Å². The lowest BCUT2D eigenvalue weighted by atomic mass is 10.1. The van der Waals surface area contributed by atoms with E-state index in [2.05, 4.69) is 23.7 Å². The van der Waals surface area contributed by atoms with Crippen LogP contribution in [0.3, 0.4) is 0 Å². The zero-order valence-electron chi connectivity index (χ0n) is 18.4.